The van der Waals surface area contributed by atoms with Gasteiger partial charge in [0.15, 0.2) is 5.66 Å². The van der Waals surface area contributed by atoms with E-state index < -0.39 is 11.6 Å². The van der Waals surface area contributed by atoms with E-state index in [0.29, 0.717) is 24.8 Å². The molecule has 1 aliphatic heterocycles. The van der Waals surface area contributed by atoms with E-state index in [1.165, 1.54) is 12.3 Å². The first-order chi connectivity index (χ1) is 10.1. The van der Waals surface area contributed by atoms with Crippen LogP contribution in [0.4, 0.5) is 0 Å². The van der Waals surface area contributed by atoms with Gasteiger partial charge in [-0.15, -0.1) is 12.3 Å². The number of hydrogen-bond donors (Lipinski definition) is 2. The summed E-state index contributed by atoms with van der Waals surface area (Å²) in [6.07, 6.45) is 8.47. The summed E-state index contributed by atoms with van der Waals surface area (Å²) in [6, 6.07) is 1.52. The number of carboxylic acid groups (broad SMARTS) is 1. The van der Waals surface area contributed by atoms with Crippen molar-refractivity contribution in [3.8, 4) is 12.3 Å². The van der Waals surface area contributed by atoms with Crippen molar-refractivity contribution in [2.45, 2.75) is 37.9 Å². The van der Waals surface area contributed by atoms with Gasteiger partial charge in [0, 0.05) is 37.8 Å². The number of amides is 1. The molecule has 110 valence electrons. The molecular formula is C14H15N3O4. The van der Waals surface area contributed by atoms with Crippen LogP contribution in [0.3, 0.4) is 0 Å². The number of nitrogens with zero attached hydrogens (tertiary/aromatic N) is 2. The summed E-state index contributed by atoms with van der Waals surface area (Å²) in [6.45, 7) is 0.114. The predicted molar refractivity (Wildman–Crippen MR) is 72.4 cm³/mol. The molecule has 0 radical (unpaired) electrons. The number of aromatic carboxylic acids is 1. The molecule has 0 saturated carbocycles. The second-order valence-electron chi connectivity index (χ2n) is 4.74. The van der Waals surface area contributed by atoms with Crippen LogP contribution in [0.15, 0.2) is 27.0 Å². The molecule has 1 aromatic heterocycles. The van der Waals surface area contributed by atoms with Gasteiger partial charge in [-0.3, -0.25) is 4.79 Å². The minimum atomic E-state index is -1.16. The fourth-order valence-electron chi connectivity index (χ4n) is 1.93. The topological polar surface area (TPSA) is 104 Å². The van der Waals surface area contributed by atoms with Gasteiger partial charge in [0.1, 0.15) is 0 Å². The van der Waals surface area contributed by atoms with Gasteiger partial charge in [-0.05, 0) is 6.07 Å². The molecule has 7 heteroatoms. The number of rotatable bonds is 8. The van der Waals surface area contributed by atoms with E-state index >= 15 is 0 Å². The Kier molecular flexibility index (Phi) is 4.38. The van der Waals surface area contributed by atoms with E-state index in [1.54, 1.807) is 0 Å². The van der Waals surface area contributed by atoms with Gasteiger partial charge in [0.05, 0.1) is 6.26 Å². The van der Waals surface area contributed by atoms with Crippen LogP contribution in [0.5, 0.6) is 0 Å². The summed E-state index contributed by atoms with van der Waals surface area (Å²) in [5.74, 6) is 1.02. The van der Waals surface area contributed by atoms with E-state index in [0.717, 1.165) is 0 Å². The first kappa shape index (κ1) is 14.8. The van der Waals surface area contributed by atoms with Gasteiger partial charge in [-0.25, -0.2) is 4.79 Å². The maximum Gasteiger partial charge on any atom is 0.372 e. The molecule has 0 spiro atoms. The summed E-state index contributed by atoms with van der Waals surface area (Å²) in [5.41, 5.74) is -0.0512. The highest BCUT2D eigenvalue weighted by Crippen LogP contribution is 2.37. The Hall–Kier alpha value is -2.62. The average Bonchev–Trinajstić information content (AvgIpc) is 3.07. The van der Waals surface area contributed by atoms with Gasteiger partial charge in [0.2, 0.25) is 11.7 Å². The van der Waals surface area contributed by atoms with Crippen LogP contribution in [-0.4, -0.2) is 22.6 Å². The van der Waals surface area contributed by atoms with Crippen LogP contribution in [0.1, 0.15) is 41.8 Å². The molecule has 1 aliphatic rings. The van der Waals surface area contributed by atoms with Crippen LogP contribution >= 0.6 is 0 Å². The molecule has 0 unspecified atom stereocenters. The molecule has 2 N–H and O–H groups in total. The lowest BCUT2D eigenvalue weighted by molar-refractivity contribution is -0.121. The van der Waals surface area contributed by atoms with E-state index in [2.05, 4.69) is 21.5 Å². The van der Waals surface area contributed by atoms with E-state index in [1.807, 2.05) is 0 Å². The standard InChI is InChI=1S/C14H15N3O4/c1-2-3-6-14(16-17-14)7-4-11(18)15-9-10-5-8-21-12(10)13(19)20/h1,5,8H,3-4,6-7,9H2,(H,15,18)(H,19,20). The molecule has 0 aliphatic carbocycles. The molecule has 1 aromatic rings. The minimum absolute atomic E-state index is 0.114. The molecule has 0 bridgehead atoms. The molecule has 0 fully saturated rings. The van der Waals surface area contributed by atoms with Gasteiger partial charge in [-0.1, -0.05) is 0 Å². The number of nitrogens with one attached hydrogen (secondary N) is 1. The largest absolute Gasteiger partial charge is 0.475 e. The van der Waals surface area contributed by atoms with Crippen molar-refractivity contribution in [2.75, 3.05) is 0 Å². The maximum atomic E-state index is 11.8. The number of terminal acetylenes is 1. The zero-order chi connectivity index (χ0) is 15.3. The fourth-order valence-corrected chi connectivity index (χ4v) is 1.93. The Morgan fingerprint density at radius 3 is 2.81 bits per heavy atom. The summed E-state index contributed by atoms with van der Waals surface area (Å²) in [7, 11) is 0. The second kappa shape index (κ2) is 6.22. The van der Waals surface area contributed by atoms with E-state index in [4.69, 9.17) is 15.9 Å². The third-order valence-corrected chi connectivity index (χ3v) is 3.22. The Balaban J connectivity index is 1.74. The highest BCUT2D eigenvalue weighted by molar-refractivity contribution is 5.86. The monoisotopic (exact) mass is 289 g/mol. The Labute approximate surface area is 121 Å². The van der Waals surface area contributed by atoms with Gasteiger partial charge >= 0.3 is 5.97 Å². The van der Waals surface area contributed by atoms with Crippen LogP contribution in [0.2, 0.25) is 0 Å². The zero-order valence-electron chi connectivity index (χ0n) is 11.3. The molecule has 2 heterocycles. The van der Waals surface area contributed by atoms with Crippen molar-refractivity contribution in [1.29, 1.82) is 0 Å². The lowest BCUT2D eigenvalue weighted by Crippen LogP contribution is -2.25. The van der Waals surface area contributed by atoms with Crippen molar-refractivity contribution in [3.63, 3.8) is 0 Å². The van der Waals surface area contributed by atoms with Crippen molar-refractivity contribution < 1.29 is 19.1 Å². The average molecular weight is 289 g/mol. The van der Waals surface area contributed by atoms with Crippen molar-refractivity contribution in [1.82, 2.24) is 5.32 Å². The molecule has 0 atom stereocenters. The molecule has 2 rings (SSSR count). The van der Waals surface area contributed by atoms with E-state index in [-0.39, 0.29) is 24.6 Å². The van der Waals surface area contributed by atoms with Crippen molar-refractivity contribution in [3.05, 3.63) is 23.7 Å². The third kappa shape index (κ3) is 3.92. The molecular weight excluding hydrogens is 274 g/mol. The highest BCUT2D eigenvalue weighted by Gasteiger charge is 2.39. The quantitative estimate of drug-likeness (QED) is 0.713. The van der Waals surface area contributed by atoms with E-state index in [9.17, 15) is 9.59 Å². The van der Waals surface area contributed by atoms with Crippen LogP contribution < -0.4 is 5.32 Å². The minimum Gasteiger partial charge on any atom is -0.475 e. The lowest BCUT2D eigenvalue weighted by Gasteiger charge is -2.09. The first-order valence-electron chi connectivity index (χ1n) is 6.50. The first-order valence-corrected chi connectivity index (χ1v) is 6.50. The molecule has 0 saturated heterocycles. The van der Waals surface area contributed by atoms with Crippen molar-refractivity contribution in [2.24, 2.45) is 10.2 Å². The SMILES string of the molecule is C#CCCC1(CCC(=O)NCc2ccoc2C(=O)O)N=N1. The summed E-state index contributed by atoms with van der Waals surface area (Å²) >= 11 is 0. The van der Waals surface area contributed by atoms with Gasteiger partial charge in [-0.2, -0.15) is 10.2 Å². The molecule has 1 amide bonds. The fraction of sp³-hybridized carbons (Fsp3) is 0.429. The highest BCUT2D eigenvalue weighted by atomic mass is 16.4. The summed E-state index contributed by atoms with van der Waals surface area (Å²) < 4.78 is 4.83. The Morgan fingerprint density at radius 2 is 2.19 bits per heavy atom. The Bertz CT molecular complexity index is 606. The number of carbonyl (C=O) groups is 2. The summed E-state index contributed by atoms with van der Waals surface area (Å²) in [5, 5.41) is 19.4. The van der Waals surface area contributed by atoms with Crippen LogP contribution in [-0.2, 0) is 11.3 Å². The van der Waals surface area contributed by atoms with Gasteiger partial charge in [0.25, 0.3) is 0 Å². The number of carbonyl (C=O) groups excluding carboxylic acids is 1. The zero-order valence-corrected chi connectivity index (χ0v) is 11.3. The predicted octanol–water partition coefficient (Wildman–Crippen LogP) is 1.95. The van der Waals surface area contributed by atoms with Gasteiger partial charge < -0.3 is 14.8 Å². The molecule has 21 heavy (non-hydrogen) atoms. The van der Waals surface area contributed by atoms with Crippen LogP contribution in [0.25, 0.3) is 0 Å². The molecule has 0 aromatic carbocycles. The number of hydrogen-bond acceptors (Lipinski definition) is 5. The summed E-state index contributed by atoms with van der Waals surface area (Å²) in [4.78, 5) is 22.6. The number of furan rings is 1. The smallest absolute Gasteiger partial charge is 0.372 e. The third-order valence-electron chi connectivity index (χ3n) is 3.22. The Morgan fingerprint density at radius 1 is 1.43 bits per heavy atom. The maximum absolute atomic E-state index is 11.8. The second-order valence-corrected chi connectivity index (χ2v) is 4.74. The van der Waals surface area contributed by atoms with Crippen molar-refractivity contribution >= 4 is 11.9 Å². The molecule has 7 nitrogen and oxygen atoms in total. The normalized spacial score (nSPS) is 14.4. The number of carboxylic acids is 1. The van der Waals surface area contributed by atoms with Crippen LogP contribution in [0, 0.1) is 12.3 Å². The lowest BCUT2D eigenvalue weighted by atomic mass is 10.0.